The first-order valence-electron chi connectivity index (χ1n) is 6.11. The fraction of sp³-hybridized carbons (Fsp3) is 0.500. The van der Waals surface area contributed by atoms with E-state index in [0.29, 0.717) is 17.3 Å². The van der Waals surface area contributed by atoms with Crippen molar-refractivity contribution in [2.75, 3.05) is 7.11 Å². The second-order valence-corrected chi connectivity index (χ2v) is 5.95. The maximum absolute atomic E-state index is 11.9. The van der Waals surface area contributed by atoms with E-state index in [-0.39, 0.29) is 11.3 Å². The van der Waals surface area contributed by atoms with E-state index < -0.39 is 6.04 Å². The summed E-state index contributed by atoms with van der Waals surface area (Å²) in [6.45, 7) is 6.12. The van der Waals surface area contributed by atoms with Crippen LogP contribution < -0.4 is 15.8 Å². The first-order chi connectivity index (χ1) is 8.75. The highest BCUT2D eigenvalue weighted by Crippen LogP contribution is 2.23. The predicted octanol–water partition coefficient (Wildman–Crippen LogP) is 2.34. The summed E-state index contributed by atoms with van der Waals surface area (Å²) in [5.74, 6) is 0.503. The molecule has 4 nitrogen and oxygen atoms in total. The summed E-state index contributed by atoms with van der Waals surface area (Å²) in [7, 11) is 1.58. The molecule has 0 aliphatic heterocycles. The number of carbonyl (C=O) groups excluding carboxylic acids is 1. The summed E-state index contributed by atoms with van der Waals surface area (Å²) < 4.78 is 5.22. The minimum Gasteiger partial charge on any atom is -0.496 e. The normalized spacial score (nSPS) is 12.9. The van der Waals surface area contributed by atoms with E-state index >= 15 is 0 Å². The molecular formula is C14H21ClN2O2. The molecule has 0 aromatic heterocycles. The van der Waals surface area contributed by atoms with Gasteiger partial charge in [-0.3, -0.25) is 4.79 Å². The van der Waals surface area contributed by atoms with Crippen LogP contribution in [0.5, 0.6) is 5.75 Å². The Hall–Kier alpha value is -1.26. The summed E-state index contributed by atoms with van der Waals surface area (Å²) in [5.41, 5.74) is 6.44. The number of hydrogen-bond acceptors (Lipinski definition) is 3. The van der Waals surface area contributed by atoms with Gasteiger partial charge in [0.2, 0.25) is 5.91 Å². The van der Waals surface area contributed by atoms with Gasteiger partial charge in [-0.2, -0.15) is 0 Å². The van der Waals surface area contributed by atoms with Crippen LogP contribution >= 0.6 is 11.6 Å². The lowest BCUT2D eigenvalue weighted by molar-refractivity contribution is -0.124. The highest BCUT2D eigenvalue weighted by Gasteiger charge is 2.27. The summed E-state index contributed by atoms with van der Waals surface area (Å²) in [4.78, 5) is 11.9. The van der Waals surface area contributed by atoms with E-state index in [1.807, 2.05) is 20.8 Å². The number of nitrogens with two attached hydrogens (primary N) is 1. The highest BCUT2D eigenvalue weighted by molar-refractivity contribution is 6.30. The Balaban J connectivity index is 2.72. The molecule has 106 valence electrons. The number of methoxy groups -OCH3 is 1. The Morgan fingerprint density at radius 1 is 1.47 bits per heavy atom. The molecule has 1 aromatic rings. The van der Waals surface area contributed by atoms with Crippen molar-refractivity contribution in [2.24, 2.45) is 11.1 Å². The van der Waals surface area contributed by atoms with Gasteiger partial charge in [0, 0.05) is 17.1 Å². The Morgan fingerprint density at radius 3 is 2.63 bits per heavy atom. The van der Waals surface area contributed by atoms with Gasteiger partial charge < -0.3 is 15.8 Å². The molecule has 5 heteroatoms. The standard InChI is InChI=1S/C14H21ClN2O2/c1-14(2,3)12(16)13(18)17-8-9-7-10(15)5-6-11(9)19-4/h5-7,12H,8,16H2,1-4H3,(H,17,18)/t12-/m1/s1. The summed E-state index contributed by atoms with van der Waals surface area (Å²) >= 11 is 5.93. The number of ether oxygens (including phenoxy) is 1. The van der Waals surface area contributed by atoms with E-state index in [1.165, 1.54) is 0 Å². The Kier molecular flexibility index (Phi) is 5.20. The lowest BCUT2D eigenvalue weighted by atomic mass is 9.87. The maximum Gasteiger partial charge on any atom is 0.237 e. The van der Waals surface area contributed by atoms with Gasteiger partial charge in [0.15, 0.2) is 0 Å². The second kappa shape index (κ2) is 6.26. The largest absolute Gasteiger partial charge is 0.496 e. The minimum absolute atomic E-state index is 0.186. The average molecular weight is 285 g/mol. The van der Waals surface area contributed by atoms with Crippen LogP contribution in [0.3, 0.4) is 0 Å². The van der Waals surface area contributed by atoms with Crippen molar-refractivity contribution in [1.29, 1.82) is 0 Å². The Labute approximate surface area is 119 Å². The molecule has 0 bridgehead atoms. The Morgan fingerprint density at radius 2 is 2.11 bits per heavy atom. The SMILES string of the molecule is COc1ccc(Cl)cc1CNC(=O)[C@@H](N)C(C)(C)C. The van der Waals surface area contributed by atoms with E-state index in [1.54, 1.807) is 25.3 Å². The van der Waals surface area contributed by atoms with Gasteiger partial charge in [-0.15, -0.1) is 0 Å². The van der Waals surface area contributed by atoms with Crippen LogP contribution in [0.1, 0.15) is 26.3 Å². The second-order valence-electron chi connectivity index (χ2n) is 5.52. The molecule has 1 amide bonds. The number of amides is 1. The van der Waals surface area contributed by atoms with Crippen LogP contribution in [-0.2, 0) is 11.3 Å². The predicted molar refractivity (Wildman–Crippen MR) is 77.3 cm³/mol. The van der Waals surface area contributed by atoms with Crippen LogP contribution in [0, 0.1) is 5.41 Å². The first-order valence-corrected chi connectivity index (χ1v) is 6.49. The zero-order chi connectivity index (χ0) is 14.6. The van der Waals surface area contributed by atoms with Gasteiger partial charge in [0.05, 0.1) is 13.2 Å². The lowest BCUT2D eigenvalue weighted by Crippen LogP contribution is -2.48. The summed E-state index contributed by atoms with van der Waals surface area (Å²) in [5, 5.41) is 3.41. The van der Waals surface area contributed by atoms with Crippen LogP contribution in [0.2, 0.25) is 5.02 Å². The molecule has 19 heavy (non-hydrogen) atoms. The van der Waals surface area contributed by atoms with Crippen LogP contribution in [0.25, 0.3) is 0 Å². The molecule has 1 atom stereocenters. The van der Waals surface area contributed by atoms with E-state index in [9.17, 15) is 4.79 Å². The number of halogens is 1. The fourth-order valence-corrected chi connectivity index (χ4v) is 1.77. The molecule has 0 unspecified atom stereocenters. The minimum atomic E-state index is -0.558. The highest BCUT2D eigenvalue weighted by atomic mass is 35.5. The van der Waals surface area contributed by atoms with Crippen molar-refractivity contribution in [1.82, 2.24) is 5.32 Å². The quantitative estimate of drug-likeness (QED) is 0.892. The zero-order valence-electron chi connectivity index (χ0n) is 11.8. The first kappa shape index (κ1) is 15.8. The molecule has 0 radical (unpaired) electrons. The van der Waals surface area contributed by atoms with Crippen molar-refractivity contribution in [3.8, 4) is 5.75 Å². The van der Waals surface area contributed by atoms with Crippen LogP contribution in [0.15, 0.2) is 18.2 Å². The maximum atomic E-state index is 11.9. The number of hydrogen-bond donors (Lipinski definition) is 2. The van der Waals surface area contributed by atoms with Gasteiger partial charge in [0.1, 0.15) is 5.75 Å². The molecule has 0 aliphatic rings. The third-order valence-corrected chi connectivity index (χ3v) is 3.15. The van der Waals surface area contributed by atoms with Gasteiger partial charge in [-0.25, -0.2) is 0 Å². The van der Waals surface area contributed by atoms with Gasteiger partial charge in [-0.05, 0) is 23.6 Å². The van der Waals surface area contributed by atoms with E-state index in [4.69, 9.17) is 22.1 Å². The zero-order valence-corrected chi connectivity index (χ0v) is 12.5. The molecule has 1 rings (SSSR count). The van der Waals surface area contributed by atoms with Crippen LogP contribution in [-0.4, -0.2) is 19.1 Å². The number of benzene rings is 1. The van der Waals surface area contributed by atoms with Crippen molar-refractivity contribution in [2.45, 2.75) is 33.4 Å². The van der Waals surface area contributed by atoms with Crippen molar-refractivity contribution in [3.05, 3.63) is 28.8 Å². The van der Waals surface area contributed by atoms with E-state index in [0.717, 1.165) is 5.56 Å². The van der Waals surface area contributed by atoms with Crippen molar-refractivity contribution >= 4 is 17.5 Å². The van der Waals surface area contributed by atoms with Crippen molar-refractivity contribution < 1.29 is 9.53 Å². The third kappa shape index (κ3) is 4.40. The number of nitrogens with one attached hydrogen (secondary N) is 1. The smallest absolute Gasteiger partial charge is 0.237 e. The molecule has 0 saturated carbocycles. The molecule has 0 aliphatic carbocycles. The monoisotopic (exact) mass is 284 g/mol. The van der Waals surface area contributed by atoms with Gasteiger partial charge >= 0.3 is 0 Å². The molecule has 1 aromatic carbocycles. The number of rotatable bonds is 4. The molecule has 0 heterocycles. The van der Waals surface area contributed by atoms with Crippen LogP contribution in [0.4, 0.5) is 0 Å². The summed E-state index contributed by atoms with van der Waals surface area (Å²) in [6, 6.07) is 4.72. The summed E-state index contributed by atoms with van der Waals surface area (Å²) in [6.07, 6.45) is 0. The fourth-order valence-electron chi connectivity index (χ4n) is 1.57. The third-order valence-electron chi connectivity index (χ3n) is 2.91. The molecule has 0 fully saturated rings. The number of carbonyl (C=O) groups is 1. The molecule has 0 saturated heterocycles. The van der Waals surface area contributed by atoms with Gasteiger partial charge in [-0.1, -0.05) is 32.4 Å². The molecular weight excluding hydrogens is 264 g/mol. The van der Waals surface area contributed by atoms with Gasteiger partial charge in [0.25, 0.3) is 0 Å². The molecule has 0 spiro atoms. The molecule has 3 N–H and O–H groups in total. The lowest BCUT2D eigenvalue weighted by Gasteiger charge is -2.26. The average Bonchev–Trinajstić information content (AvgIpc) is 2.34. The topological polar surface area (TPSA) is 64.3 Å². The Bertz CT molecular complexity index is 455. The van der Waals surface area contributed by atoms with Crippen molar-refractivity contribution in [3.63, 3.8) is 0 Å². The van der Waals surface area contributed by atoms with E-state index in [2.05, 4.69) is 5.32 Å².